The summed E-state index contributed by atoms with van der Waals surface area (Å²) in [5.74, 6) is 0.717. The lowest BCUT2D eigenvalue weighted by molar-refractivity contribution is 0.0592. The van der Waals surface area contributed by atoms with Crippen molar-refractivity contribution in [3.63, 3.8) is 0 Å². The topological polar surface area (TPSA) is 68.7 Å². The molecule has 6 nitrogen and oxygen atoms in total. The van der Waals surface area contributed by atoms with E-state index >= 15 is 0 Å². The van der Waals surface area contributed by atoms with Crippen molar-refractivity contribution in [3.05, 3.63) is 77.6 Å². The third-order valence-electron chi connectivity index (χ3n) is 5.30. The molecule has 1 aliphatic heterocycles. The number of benzene rings is 2. The summed E-state index contributed by atoms with van der Waals surface area (Å²) in [6, 6.07) is 15.8. The Morgan fingerprint density at radius 1 is 0.839 bits per heavy atom. The van der Waals surface area contributed by atoms with Crippen molar-refractivity contribution in [2.45, 2.75) is 26.8 Å². The molecule has 0 bridgehead atoms. The number of aromatic nitrogens is 1. The van der Waals surface area contributed by atoms with E-state index in [1.165, 1.54) is 4.90 Å². The fraction of sp³-hybridized carbons (Fsp3) is 0.240. The normalized spacial score (nSPS) is 13.8. The van der Waals surface area contributed by atoms with Gasteiger partial charge >= 0.3 is 0 Å². The Kier molecular flexibility index (Phi) is 5.71. The van der Waals surface area contributed by atoms with E-state index in [1.807, 2.05) is 51.1 Å². The number of rotatable bonds is 7. The molecule has 0 saturated heterocycles. The molecule has 3 aromatic rings. The van der Waals surface area contributed by atoms with Gasteiger partial charge in [-0.2, -0.15) is 0 Å². The van der Waals surface area contributed by atoms with Crippen LogP contribution in [0.15, 0.2) is 60.8 Å². The quantitative estimate of drug-likeness (QED) is 0.512. The molecule has 1 atom stereocenters. The molecule has 0 N–H and O–H groups in total. The molecule has 31 heavy (non-hydrogen) atoms. The van der Waals surface area contributed by atoms with Crippen LogP contribution in [0, 0.1) is 0 Å². The number of imide groups is 1. The average Bonchev–Trinajstić information content (AvgIpc) is 3.05. The number of carbonyl (C=O) groups excluding carboxylic acids is 2. The van der Waals surface area contributed by atoms with Gasteiger partial charge in [0.1, 0.15) is 0 Å². The molecule has 0 saturated carbocycles. The maximum Gasteiger partial charge on any atom is 0.262 e. The summed E-state index contributed by atoms with van der Waals surface area (Å²) >= 11 is 0. The number of fused-ring (bicyclic) bond motifs is 1. The first-order valence-electron chi connectivity index (χ1n) is 10.4. The monoisotopic (exact) mass is 416 g/mol. The summed E-state index contributed by atoms with van der Waals surface area (Å²) in [7, 11) is 0. The minimum absolute atomic E-state index is 0.300. The second-order valence-corrected chi connectivity index (χ2v) is 7.17. The minimum atomic E-state index is -0.536. The molecule has 4 rings (SSSR count). The van der Waals surface area contributed by atoms with Gasteiger partial charge in [-0.25, -0.2) is 0 Å². The van der Waals surface area contributed by atoms with E-state index in [9.17, 15) is 9.59 Å². The molecule has 158 valence electrons. The summed E-state index contributed by atoms with van der Waals surface area (Å²) in [5, 5.41) is 0. The highest BCUT2D eigenvalue weighted by atomic mass is 16.5. The van der Waals surface area contributed by atoms with Crippen molar-refractivity contribution >= 4 is 11.8 Å². The van der Waals surface area contributed by atoms with Gasteiger partial charge in [-0.3, -0.25) is 19.5 Å². The van der Waals surface area contributed by atoms with Crippen LogP contribution in [0.1, 0.15) is 53.2 Å². The van der Waals surface area contributed by atoms with E-state index in [0.717, 1.165) is 11.1 Å². The standard InChI is InChI=1S/C25H24N2O4/c1-4-30-21-13-12-17(15-22(21)31-5-2)18-11-8-14-26-23(18)16(3)27-24(28)19-9-6-7-10-20(19)25(27)29/h6-16H,4-5H2,1-3H3/t16-/m0/s1. The predicted octanol–water partition coefficient (Wildman–Crippen LogP) is 4.90. The van der Waals surface area contributed by atoms with Gasteiger partial charge in [0, 0.05) is 11.8 Å². The Labute approximate surface area is 181 Å². The van der Waals surface area contributed by atoms with Crippen molar-refractivity contribution in [3.8, 4) is 22.6 Å². The largest absolute Gasteiger partial charge is 0.490 e. The van der Waals surface area contributed by atoms with Gasteiger partial charge in [-0.15, -0.1) is 0 Å². The number of carbonyl (C=O) groups is 2. The molecule has 0 aliphatic carbocycles. The van der Waals surface area contributed by atoms with Crippen LogP contribution >= 0.6 is 0 Å². The van der Waals surface area contributed by atoms with Gasteiger partial charge in [0.05, 0.1) is 36.1 Å². The van der Waals surface area contributed by atoms with E-state index in [2.05, 4.69) is 4.98 Å². The fourth-order valence-electron chi connectivity index (χ4n) is 3.90. The first-order chi connectivity index (χ1) is 15.1. The molecule has 2 aromatic carbocycles. The van der Waals surface area contributed by atoms with Crippen LogP contribution in [0.3, 0.4) is 0 Å². The smallest absolute Gasteiger partial charge is 0.262 e. The maximum absolute atomic E-state index is 13.0. The molecular formula is C25H24N2O4. The lowest BCUT2D eigenvalue weighted by atomic mass is 9.99. The lowest BCUT2D eigenvalue weighted by Crippen LogP contribution is -2.33. The Balaban J connectivity index is 1.74. The van der Waals surface area contributed by atoms with Crippen LogP contribution in [0.2, 0.25) is 0 Å². The number of ether oxygens (including phenoxy) is 2. The Morgan fingerprint density at radius 3 is 2.10 bits per heavy atom. The first-order valence-corrected chi connectivity index (χ1v) is 10.4. The van der Waals surface area contributed by atoms with E-state index in [-0.39, 0.29) is 11.8 Å². The lowest BCUT2D eigenvalue weighted by Gasteiger charge is -2.24. The number of hydrogen-bond acceptors (Lipinski definition) is 5. The third kappa shape index (κ3) is 3.65. The Bertz CT molecular complexity index is 1110. The highest BCUT2D eigenvalue weighted by Gasteiger charge is 2.39. The molecule has 0 spiro atoms. The van der Waals surface area contributed by atoms with Crippen molar-refractivity contribution in [2.24, 2.45) is 0 Å². The molecule has 0 fully saturated rings. The highest BCUT2D eigenvalue weighted by molar-refractivity contribution is 6.21. The van der Waals surface area contributed by atoms with Crippen LogP contribution in [0.4, 0.5) is 0 Å². The summed E-state index contributed by atoms with van der Waals surface area (Å²) in [6.07, 6.45) is 1.67. The van der Waals surface area contributed by atoms with Gasteiger partial charge < -0.3 is 9.47 Å². The minimum Gasteiger partial charge on any atom is -0.490 e. The summed E-state index contributed by atoms with van der Waals surface area (Å²) in [6.45, 7) is 6.71. The van der Waals surface area contributed by atoms with Gasteiger partial charge in [0.15, 0.2) is 11.5 Å². The predicted molar refractivity (Wildman–Crippen MR) is 117 cm³/mol. The van der Waals surface area contributed by atoms with Crippen molar-refractivity contribution < 1.29 is 19.1 Å². The Morgan fingerprint density at radius 2 is 1.45 bits per heavy atom. The SMILES string of the molecule is CCOc1ccc(-c2cccnc2[C@H](C)N2C(=O)c3ccccc3C2=O)cc1OCC. The number of nitrogens with zero attached hydrogens (tertiary/aromatic N) is 2. The summed E-state index contributed by atoms with van der Waals surface area (Å²) in [5.41, 5.74) is 3.20. The summed E-state index contributed by atoms with van der Waals surface area (Å²) in [4.78, 5) is 31.8. The van der Waals surface area contributed by atoms with Crippen LogP contribution in [-0.2, 0) is 0 Å². The first kappa shape index (κ1) is 20.6. The molecule has 6 heteroatoms. The maximum atomic E-state index is 13.0. The van der Waals surface area contributed by atoms with Crippen LogP contribution in [-0.4, -0.2) is 34.9 Å². The van der Waals surface area contributed by atoms with Crippen molar-refractivity contribution in [1.82, 2.24) is 9.88 Å². The second-order valence-electron chi connectivity index (χ2n) is 7.17. The van der Waals surface area contributed by atoms with E-state index in [1.54, 1.807) is 30.5 Å². The highest BCUT2D eigenvalue weighted by Crippen LogP contribution is 2.38. The molecule has 0 unspecified atom stereocenters. The molecular weight excluding hydrogens is 392 g/mol. The number of amides is 2. The molecule has 1 aliphatic rings. The zero-order valence-corrected chi connectivity index (χ0v) is 17.8. The second kappa shape index (κ2) is 8.60. The fourth-order valence-corrected chi connectivity index (χ4v) is 3.90. The van der Waals surface area contributed by atoms with Gasteiger partial charge in [-0.1, -0.05) is 24.3 Å². The van der Waals surface area contributed by atoms with E-state index in [4.69, 9.17) is 9.47 Å². The number of hydrogen-bond donors (Lipinski definition) is 0. The summed E-state index contributed by atoms with van der Waals surface area (Å²) < 4.78 is 11.4. The molecule has 0 radical (unpaired) electrons. The molecule has 2 amide bonds. The zero-order chi connectivity index (χ0) is 22.0. The van der Waals surface area contributed by atoms with Crippen LogP contribution in [0.5, 0.6) is 11.5 Å². The average molecular weight is 416 g/mol. The van der Waals surface area contributed by atoms with Gasteiger partial charge in [0.2, 0.25) is 0 Å². The van der Waals surface area contributed by atoms with Crippen LogP contribution < -0.4 is 9.47 Å². The van der Waals surface area contributed by atoms with E-state index in [0.29, 0.717) is 41.5 Å². The Hall–Kier alpha value is -3.67. The van der Waals surface area contributed by atoms with Crippen molar-refractivity contribution in [1.29, 1.82) is 0 Å². The van der Waals surface area contributed by atoms with Crippen LogP contribution in [0.25, 0.3) is 11.1 Å². The molecule has 1 aromatic heterocycles. The van der Waals surface area contributed by atoms with Gasteiger partial charge in [-0.05, 0) is 56.7 Å². The van der Waals surface area contributed by atoms with Crippen molar-refractivity contribution in [2.75, 3.05) is 13.2 Å². The third-order valence-corrected chi connectivity index (χ3v) is 5.30. The van der Waals surface area contributed by atoms with Gasteiger partial charge in [0.25, 0.3) is 11.8 Å². The number of pyridine rings is 1. The molecule has 2 heterocycles. The van der Waals surface area contributed by atoms with E-state index < -0.39 is 6.04 Å². The zero-order valence-electron chi connectivity index (χ0n) is 17.8.